The smallest absolute Gasteiger partial charge is 0.348 e. The van der Waals surface area contributed by atoms with Crippen LogP contribution in [0.2, 0.25) is 0 Å². The first-order valence-corrected chi connectivity index (χ1v) is 9.77. The van der Waals surface area contributed by atoms with Gasteiger partial charge in [0.2, 0.25) is 0 Å². The van der Waals surface area contributed by atoms with Gasteiger partial charge in [-0.05, 0) is 49.7 Å². The van der Waals surface area contributed by atoms with Gasteiger partial charge >= 0.3 is 24.4 Å². The number of anilines is 1. The quantitative estimate of drug-likeness (QED) is 0.565. The number of benzene rings is 2. The van der Waals surface area contributed by atoms with Gasteiger partial charge in [0.05, 0.1) is 17.7 Å². The van der Waals surface area contributed by atoms with Gasteiger partial charge in [0.1, 0.15) is 0 Å². The standard InChI is InChI=1S/C21H20F6N4O2/c1-12(2)31-18(32)29-17(28-16-8-4-7-15(10-16)21(25,26)27)30(19(31)33)11-13-5-3-6-14(9-13)20(22,23)24/h3-10,12,17,28H,11H2,1-2H3,(H,29,32). The Labute approximate surface area is 185 Å². The van der Waals surface area contributed by atoms with E-state index in [0.717, 1.165) is 40.1 Å². The van der Waals surface area contributed by atoms with Crippen LogP contribution in [0.15, 0.2) is 48.5 Å². The number of nitrogens with zero attached hydrogens (tertiary/aromatic N) is 2. The van der Waals surface area contributed by atoms with Crippen molar-refractivity contribution in [3.63, 3.8) is 0 Å². The van der Waals surface area contributed by atoms with E-state index in [9.17, 15) is 35.9 Å². The number of alkyl halides is 6. The maximum atomic E-state index is 13.1. The maximum absolute atomic E-state index is 13.1. The number of carbonyl (C=O) groups is 2. The third kappa shape index (κ3) is 5.49. The molecule has 3 rings (SSSR count). The highest BCUT2D eigenvalue weighted by Crippen LogP contribution is 2.32. The van der Waals surface area contributed by atoms with Crippen molar-refractivity contribution in [3.8, 4) is 0 Å². The fourth-order valence-electron chi connectivity index (χ4n) is 3.31. The van der Waals surface area contributed by atoms with Gasteiger partial charge < -0.3 is 5.32 Å². The summed E-state index contributed by atoms with van der Waals surface area (Å²) in [6.45, 7) is 2.80. The first kappa shape index (κ1) is 24.2. The van der Waals surface area contributed by atoms with Crippen LogP contribution >= 0.6 is 0 Å². The van der Waals surface area contributed by atoms with Crippen LogP contribution in [0.1, 0.15) is 30.5 Å². The topological polar surface area (TPSA) is 64.7 Å². The van der Waals surface area contributed by atoms with E-state index in [2.05, 4.69) is 10.6 Å². The summed E-state index contributed by atoms with van der Waals surface area (Å²) in [6, 6.07) is 6.24. The Bertz CT molecular complexity index is 1040. The molecule has 0 aromatic heterocycles. The summed E-state index contributed by atoms with van der Waals surface area (Å²) < 4.78 is 78.4. The fraction of sp³-hybridized carbons (Fsp3) is 0.333. The zero-order valence-corrected chi connectivity index (χ0v) is 17.5. The average molecular weight is 474 g/mol. The number of hydrogen-bond donors (Lipinski definition) is 2. The number of urea groups is 2. The van der Waals surface area contributed by atoms with Gasteiger partial charge in [-0.25, -0.2) is 14.5 Å². The van der Waals surface area contributed by atoms with Crippen LogP contribution in [0.3, 0.4) is 0 Å². The Morgan fingerprint density at radius 1 is 0.939 bits per heavy atom. The number of imide groups is 1. The highest BCUT2D eigenvalue weighted by Gasteiger charge is 2.40. The van der Waals surface area contributed by atoms with Crippen molar-refractivity contribution >= 4 is 17.7 Å². The first-order valence-electron chi connectivity index (χ1n) is 9.77. The van der Waals surface area contributed by atoms with Crippen LogP contribution in [0.5, 0.6) is 0 Å². The molecule has 12 heteroatoms. The molecular formula is C21H20F6N4O2. The Kier molecular flexibility index (Phi) is 6.48. The predicted molar refractivity (Wildman–Crippen MR) is 107 cm³/mol. The molecule has 1 heterocycles. The fourth-order valence-corrected chi connectivity index (χ4v) is 3.31. The number of rotatable bonds is 5. The summed E-state index contributed by atoms with van der Waals surface area (Å²) in [5, 5.41) is 5.13. The Morgan fingerprint density at radius 3 is 2.09 bits per heavy atom. The van der Waals surface area contributed by atoms with E-state index in [-0.39, 0.29) is 17.8 Å². The molecule has 0 bridgehead atoms. The van der Waals surface area contributed by atoms with Crippen LogP contribution < -0.4 is 10.6 Å². The number of halogens is 6. The molecule has 0 aliphatic carbocycles. The molecular weight excluding hydrogens is 454 g/mol. The molecule has 2 aromatic carbocycles. The van der Waals surface area contributed by atoms with E-state index in [1.807, 2.05) is 0 Å². The third-order valence-electron chi connectivity index (χ3n) is 4.86. The molecule has 2 aromatic rings. The normalized spacial score (nSPS) is 17.4. The van der Waals surface area contributed by atoms with E-state index in [0.29, 0.717) is 0 Å². The van der Waals surface area contributed by atoms with Gasteiger partial charge in [0, 0.05) is 11.7 Å². The number of carbonyl (C=O) groups excluding carboxylic acids is 2. The Morgan fingerprint density at radius 2 is 1.52 bits per heavy atom. The van der Waals surface area contributed by atoms with Gasteiger partial charge in [-0.2, -0.15) is 26.3 Å². The van der Waals surface area contributed by atoms with E-state index >= 15 is 0 Å². The zero-order valence-electron chi connectivity index (χ0n) is 17.5. The SMILES string of the molecule is CC(C)N1C(=O)NC(Nc2cccc(C(F)(F)F)c2)N(Cc2cccc(C(F)(F)F)c2)C1=O. The third-order valence-corrected chi connectivity index (χ3v) is 4.86. The molecule has 1 aliphatic rings. The molecule has 1 atom stereocenters. The summed E-state index contributed by atoms with van der Waals surface area (Å²) in [5.74, 6) is 0. The molecule has 178 valence electrons. The number of amides is 4. The lowest BCUT2D eigenvalue weighted by Crippen LogP contribution is -2.68. The van der Waals surface area contributed by atoms with Crippen molar-refractivity contribution in [1.82, 2.24) is 15.1 Å². The van der Waals surface area contributed by atoms with Crippen molar-refractivity contribution < 1.29 is 35.9 Å². The van der Waals surface area contributed by atoms with E-state index in [4.69, 9.17) is 0 Å². The largest absolute Gasteiger partial charge is 0.416 e. The second-order valence-corrected chi connectivity index (χ2v) is 7.65. The molecule has 1 aliphatic heterocycles. The van der Waals surface area contributed by atoms with Crippen LogP contribution in [0, 0.1) is 0 Å². The average Bonchev–Trinajstić information content (AvgIpc) is 2.69. The second kappa shape index (κ2) is 8.83. The lowest BCUT2D eigenvalue weighted by molar-refractivity contribution is -0.138. The van der Waals surface area contributed by atoms with Crippen molar-refractivity contribution in [2.75, 3.05) is 5.32 Å². The van der Waals surface area contributed by atoms with Gasteiger partial charge in [-0.1, -0.05) is 18.2 Å². The van der Waals surface area contributed by atoms with Gasteiger partial charge in [-0.3, -0.25) is 10.2 Å². The molecule has 2 N–H and O–H groups in total. The monoisotopic (exact) mass is 474 g/mol. The van der Waals surface area contributed by atoms with Crippen LogP contribution in [-0.4, -0.2) is 34.2 Å². The lowest BCUT2D eigenvalue weighted by Gasteiger charge is -2.42. The minimum absolute atomic E-state index is 0.0463. The number of hydrogen-bond acceptors (Lipinski definition) is 3. The maximum Gasteiger partial charge on any atom is 0.416 e. The highest BCUT2D eigenvalue weighted by atomic mass is 19.4. The molecule has 1 saturated heterocycles. The van der Waals surface area contributed by atoms with Gasteiger partial charge in [0.15, 0.2) is 6.29 Å². The summed E-state index contributed by atoms with van der Waals surface area (Å²) in [6.07, 6.45) is -10.5. The molecule has 0 saturated carbocycles. The number of nitrogens with one attached hydrogen (secondary N) is 2. The molecule has 0 spiro atoms. The molecule has 0 radical (unpaired) electrons. The molecule has 33 heavy (non-hydrogen) atoms. The molecule has 1 unspecified atom stereocenters. The van der Waals surface area contributed by atoms with Gasteiger partial charge in [-0.15, -0.1) is 0 Å². The predicted octanol–water partition coefficient (Wildman–Crippen LogP) is 5.48. The summed E-state index contributed by atoms with van der Waals surface area (Å²) in [4.78, 5) is 27.4. The summed E-state index contributed by atoms with van der Waals surface area (Å²) in [5.41, 5.74) is -1.80. The molecule has 1 fully saturated rings. The lowest BCUT2D eigenvalue weighted by atomic mass is 10.1. The minimum atomic E-state index is -4.62. The van der Waals surface area contributed by atoms with E-state index in [1.54, 1.807) is 13.8 Å². The van der Waals surface area contributed by atoms with E-state index in [1.165, 1.54) is 18.2 Å². The Hall–Kier alpha value is -3.44. The van der Waals surface area contributed by atoms with Crippen molar-refractivity contribution in [1.29, 1.82) is 0 Å². The van der Waals surface area contributed by atoms with Crippen LogP contribution in [-0.2, 0) is 18.9 Å². The Balaban J connectivity index is 1.94. The van der Waals surface area contributed by atoms with E-state index < -0.39 is 47.9 Å². The first-order chi connectivity index (χ1) is 15.3. The van der Waals surface area contributed by atoms with Crippen molar-refractivity contribution in [2.45, 2.75) is 45.1 Å². The summed E-state index contributed by atoms with van der Waals surface area (Å²) in [7, 11) is 0. The van der Waals surface area contributed by atoms with Gasteiger partial charge in [0.25, 0.3) is 0 Å². The van der Waals surface area contributed by atoms with Crippen LogP contribution in [0.25, 0.3) is 0 Å². The van der Waals surface area contributed by atoms with Crippen LogP contribution in [0.4, 0.5) is 41.6 Å². The summed E-state index contributed by atoms with van der Waals surface area (Å²) >= 11 is 0. The second-order valence-electron chi connectivity index (χ2n) is 7.65. The molecule has 4 amide bonds. The van der Waals surface area contributed by atoms with Crippen molar-refractivity contribution in [3.05, 3.63) is 65.2 Å². The van der Waals surface area contributed by atoms with Crippen molar-refractivity contribution in [2.24, 2.45) is 0 Å². The molecule has 6 nitrogen and oxygen atoms in total. The minimum Gasteiger partial charge on any atom is -0.348 e. The zero-order chi connectivity index (χ0) is 24.6. The highest BCUT2D eigenvalue weighted by molar-refractivity contribution is 5.96.